The maximum Gasteiger partial charge on any atom is 0.338 e. The third kappa shape index (κ3) is 3.37. The van der Waals surface area contributed by atoms with Gasteiger partial charge in [-0.1, -0.05) is 39.4 Å². The van der Waals surface area contributed by atoms with Crippen LogP contribution < -0.4 is 14.9 Å². The minimum absolute atomic E-state index is 0.208. The molecular weight excluding hydrogens is 468 g/mol. The van der Waals surface area contributed by atoms with Gasteiger partial charge in [-0.2, -0.15) is 5.10 Å². The molecule has 0 amide bonds. The van der Waals surface area contributed by atoms with E-state index in [0.717, 1.165) is 21.3 Å². The zero-order valence-corrected chi connectivity index (χ0v) is 19.2. The first-order chi connectivity index (χ1) is 14.3. The van der Waals surface area contributed by atoms with E-state index in [1.54, 1.807) is 22.4 Å². The van der Waals surface area contributed by atoms with Gasteiger partial charge in [0.05, 0.1) is 29.1 Å². The number of hydrogen-bond acceptors (Lipinski definition) is 6. The summed E-state index contributed by atoms with van der Waals surface area (Å²) in [5, 5.41) is 4.31. The Labute approximate surface area is 184 Å². The number of ether oxygens (including phenoxy) is 1. The molecule has 0 saturated carbocycles. The summed E-state index contributed by atoms with van der Waals surface area (Å²) in [6.07, 6.45) is 3.52. The zero-order valence-electron chi connectivity index (χ0n) is 16.8. The number of aromatic nitrogens is 3. The Morgan fingerprint density at radius 1 is 1.33 bits per heavy atom. The normalized spacial score (nSPS) is 16.4. The van der Waals surface area contributed by atoms with Crippen molar-refractivity contribution in [2.24, 2.45) is 12.0 Å². The molecule has 0 radical (unpaired) electrons. The lowest BCUT2D eigenvalue weighted by molar-refractivity contribution is -0.136. The van der Waals surface area contributed by atoms with E-state index in [4.69, 9.17) is 4.74 Å². The smallest absolute Gasteiger partial charge is 0.338 e. The van der Waals surface area contributed by atoms with Crippen LogP contribution in [0, 0.1) is 6.92 Å². The molecule has 2 aromatic heterocycles. The van der Waals surface area contributed by atoms with Crippen molar-refractivity contribution < 1.29 is 9.53 Å². The highest BCUT2D eigenvalue weighted by Gasteiger charge is 2.34. The Kier molecular flexibility index (Phi) is 5.33. The number of thiazole rings is 1. The lowest BCUT2D eigenvalue weighted by Crippen LogP contribution is -2.40. The van der Waals surface area contributed by atoms with Crippen LogP contribution in [-0.4, -0.2) is 27.4 Å². The molecule has 1 unspecified atom stereocenters. The molecule has 7 nitrogen and oxygen atoms in total. The molecule has 3 heterocycles. The number of carbonyl (C=O) groups excluding carboxylic acids is 1. The van der Waals surface area contributed by atoms with Crippen LogP contribution >= 0.6 is 27.3 Å². The predicted molar refractivity (Wildman–Crippen MR) is 118 cm³/mol. The molecule has 3 aromatic rings. The molecule has 0 N–H and O–H groups in total. The van der Waals surface area contributed by atoms with Crippen LogP contribution in [0.1, 0.15) is 29.8 Å². The van der Waals surface area contributed by atoms with E-state index in [1.165, 1.54) is 18.4 Å². The lowest BCUT2D eigenvalue weighted by atomic mass is 9.96. The number of esters is 1. The molecule has 1 aromatic carbocycles. The second-order valence-electron chi connectivity index (χ2n) is 6.94. The molecule has 0 fully saturated rings. The number of benzene rings is 1. The summed E-state index contributed by atoms with van der Waals surface area (Å²) >= 11 is 4.75. The van der Waals surface area contributed by atoms with E-state index in [1.807, 2.05) is 44.3 Å². The Bertz CT molecular complexity index is 1380. The number of rotatable bonds is 3. The van der Waals surface area contributed by atoms with Crippen molar-refractivity contribution in [1.29, 1.82) is 0 Å². The van der Waals surface area contributed by atoms with Gasteiger partial charge in [-0.15, -0.1) is 0 Å². The van der Waals surface area contributed by atoms with Crippen molar-refractivity contribution in [3.05, 3.63) is 82.7 Å². The van der Waals surface area contributed by atoms with Gasteiger partial charge in [0.25, 0.3) is 5.56 Å². The zero-order chi connectivity index (χ0) is 21.6. The summed E-state index contributed by atoms with van der Waals surface area (Å²) in [5.41, 5.74) is 3.19. The van der Waals surface area contributed by atoms with Crippen molar-refractivity contribution in [3.63, 3.8) is 0 Å². The first-order valence-corrected chi connectivity index (χ1v) is 10.8. The highest BCUT2D eigenvalue weighted by atomic mass is 79.9. The first kappa shape index (κ1) is 20.5. The van der Waals surface area contributed by atoms with E-state index >= 15 is 0 Å². The second kappa shape index (κ2) is 7.81. The molecule has 0 saturated heterocycles. The van der Waals surface area contributed by atoms with Gasteiger partial charge in [0.2, 0.25) is 0 Å². The van der Waals surface area contributed by atoms with Crippen molar-refractivity contribution in [2.45, 2.75) is 19.9 Å². The number of carbonyl (C=O) groups is 1. The summed E-state index contributed by atoms with van der Waals surface area (Å²) in [4.78, 5) is 31.2. The number of fused-ring (bicyclic) bond motifs is 1. The van der Waals surface area contributed by atoms with E-state index in [-0.39, 0.29) is 5.56 Å². The fourth-order valence-electron chi connectivity index (χ4n) is 3.52. The van der Waals surface area contributed by atoms with E-state index in [9.17, 15) is 9.59 Å². The topological polar surface area (TPSA) is 78.5 Å². The van der Waals surface area contributed by atoms with Gasteiger partial charge in [-0.25, -0.2) is 9.79 Å². The molecule has 0 aliphatic carbocycles. The molecule has 1 aliphatic heterocycles. The average molecular weight is 487 g/mol. The Hall–Kier alpha value is -2.78. The van der Waals surface area contributed by atoms with E-state index < -0.39 is 12.0 Å². The molecule has 4 rings (SSSR count). The van der Waals surface area contributed by atoms with Crippen molar-refractivity contribution in [2.75, 3.05) is 7.11 Å². The quantitative estimate of drug-likeness (QED) is 0.531. The largest absolute Gasteiger partial charge is 0.466 e. The number of allylic oxidation sites excluding steroid dienone is 1. The molecular formula is C21H19BrN4O3S. The van der Waals surface area contributed by atoms with Gasteiger partial charge in [0.1, 0.15) is 6.04 Å². The predicted octanol–water partition coefficient (Wildman–Crippen LogP) is 2.21. The number of nitrogens with zero attached hydrogens (tertiary/aromatic N) is 4. The fraction of sp³-hybridized carbons (Fsp3) is 0.238. The van der Waals surface area contributed by atoms with Crippen LogP contribution in [0.15, 0.2) is 56.0 Å². The Balaban J connectivity index is 2.01. The minimum atomic E-state index is -0.646. The van der Waals surface area contributed by atoms with Gasteiger partial charge in [0, 0.05) is 22.8 Å². The summed E-state index contributed by atoms with van der Waals surface area (Å²) in [6.45, 7) is 3.67. The summed E-state index contributed by atoms with van der Waals surface area (Å²) in [7, 11) is 3.15. The van der Waals surface area contributed by atoms with Gasteiger partial charge in [-0.05, 0) is 37.6 Å². The van der Waals surface area contributed by atoms with Crippen LogP contribution in [0.5, 0.6) is 0 Å². The highest BCUT2D eigenvalue weighted by Crippen LogP contribution is 2.32. The molecule has 30 heavy (non-hydrogen) atoms. The molecule has 1 atom stereocenters. The van der Waals surface area contributed by atoms with Crippen LogP contribution in [0.25, 0.3) is 6.08 Å². The minimum Gasteiger partial charge on any atom is -0.466 e. The fourth-order valence-corrected chi connectivity index (χ4v) is 4.98. The molecule has 1 aliphatic rings. The summed E-state index contributed by atoms with van der Waals surface area (Å²) in [6, 6.07) is 7.06. The maximum atomic E-state index is 13.4. The van der Waals surface area contributed by atoms with Crippen LogP contribution in [0.4, 0.5) is 0 Å². The maximum absolute atomic E-state index is 13.4. The standard InChI is InChI=1S/C21H19BrN4O3S/c1-11-17(20(28)29-4)18(15-10-23-25(3)12(15)2)26-19(27)16(30-21(26)24-11)9-13-6-5-7-14(22)8-13/h5-10,18H,1-4H3/b16-9+. The SMILES string of the molecule is COC(=O)C1=C(C)N=c2s/c(=C/c3cccc(Br)c3)c(=O)n2C1c1cnn(C)c1C. The second-order valence-corrected chi connectivity index (χ2v) is 8.86. The molecule has 0 spiro atoms. The van der Waals surface area contributed by atoms with Crippen LogP contribution in [0.3, 0.4) is 0 Å². The first-order valence-electron chi connectivity index (χ1n) is 9.16. The monoisotopic (exact) mass is 486 g/mol. The molecule has 154 valence electrons. The van der Waals surface area contributed by atoms with Gasteiger partial charge in [0.15, 0.2) is 4.80 Å². The lowest BCUT2D eigenvalue weighted by Gasteiger charge is -2.23. The van der Waals surface area contributed by atoms with Crippen molar-refractivity contribution in [3.8, 4) is 0 Å². The van der Waals surface area contributed by atoms with Crippen LogP contribution in [-0.2, 0) is 16.6 Å². The average Bonchev–Trinajstić information content (AvgIpc) is 3.19. The molecule has 0 bridgehead atoms. The van der Waals surface area contributed by atoms with Gasteiger partial charge in [-0.3, -0.25) is 14.0 Å². The number of aryl methyl sites for hydroxylation is 1. The summed E-state index contributed by atoms with van der Waals surface area (Å²) < 4.78 is 9.77. The number of halogens is 1. The van der Waals surface area contributed by atoms with Gasteiger partial charge >= 0.3 is 5.97 Å². The highest BCUT2D eigenvalue weighted by molar-refractivity contribution is 9.10. The van der Waals surface area contributed by atoms with Crippen LogP contribution in [0.2, 0.25) is 0 Å². The number of hydrogen-bond donors (Lipinski definition) is 0. The Morgan fingerprint density at radius 2 is 2.10 bits per heavy atom. The number of methoxy groups -OCH3 is 1. The molecule has 9 heteroatoms. The van der Waals surface area contributed by atoms with E-state index in [2.05, 4.69) is 26.0 Å². The Morgan fingerprint density at radius 3 is 2.73 bits per heavy atom. The van der Waals surface area contributed by atoms with Crippen molar-refractivity contribution >= 4 is 39.3 Å². The third-order valence-corrected chi connectivity index (χ3v) is 6.62. The van der Waals surface area contributed by atoms with E-state index in [0.29, 0.717) is 20.6 Å². The van der Waals surface area contributed by atoms with Gasteiger partial charge < -0.3 is 4.74 Å². The summed E-state index contributed by atoms with van der Waals surface area (Å²) in [5.74, 6) is -0.509. The third-order valence-electron chi connectivity index (χ3n) is 5.14. The van der Waals surface area contributed by atoms with Crippen molar-refractivity contribution in [1.82, 2.24) is 14.3 Å².